The lowest BCUT2D eigenvalue weighted by Gasteiger charge is -2.52. The summed E-state index contributed by atoms with van der Waals surface area (Å²) >= 11 is 0. The van der Waals surface area contributed by atoms with Crippen molar-refractivity contribution >= 4 is 30.8 Å². The first-order valence-corrected chi connectivity index (χ1v) is 19.3. The number of hydrogen-bond donors (Lipinski definition) is 0. The number of nitrogens with zero attached hydrogens (tertiary/aromatic N) is 5. The molecule has 0 aliphatic carbocycles. The van der Waals surface area contributed by atoms with Crippen LogP contribution in [0.15, 0.2) is 42.7 Å². The van der Waals surface area contributed by atoms with Crippen molar-refractivity contribution in [2.24, 2.45) is 0 Å². The van der Waals surface area contributed by atoms with Crippen molar-refractivity contribution in [3.8, 4) is 17.0 Å². The van der Waals surface area contributed by atoms with Gasteiger partial charge in [-0.25, -0.2) is 9.18 Å². The van der Waals surface area contributed by atoms with Crippen molar-refractivity contribution < 1.29 is 23.4 Å². The number of ether oxygens (including phenoxy) is 3. The smallest absolute Gasteiger partial charge is 0.410 e. The van der Waals surface area contributed by atoms with Crippen molar-refractivity contribution in [1.82, 2.24) is 20.1 Å². The Kier molecular flexibility index (Phi) is 9.46. The zero-order valence-electron chi connectivity index (χ0n) is 27.0. The predicted molar refractivity (Wildman–Crippen MR) is 174 cm³/mol. The Balaban J connectivity index is 1.33. The molecule has 5 rings (SSSR count). The summed E-state index contributed by atoms with van der Waals surface area (Å²) in [5.74, 6) is 1.23. The van der Waals surface area contributed by atoms with E-state index in [1.165, 1.54) is 0 Å². The predicted octanol–water partition coefficient (Wildman–Crippen LogP) is 7.09. The zero-order chi connectivity index (χ0) is 31.6. The summed E-state index contributed by atoms with van der Waals surface area (Å²) < 4.78 is 33.7. The van der Waals surface area contributed by atoms with E-state index in [2.05, 4.69) is 34.8 Å². The Labute approximate surface area is 261 Å². The largest absolute Gasteiger partial charge is 0.467 e. The van der Waals surface area contributed by atoms with Crippen LogP contribution in [0.4, 0.5) is 15.0 Å². The van der Waals surface area contributed by atoms with Gasteiger partial charge in [-0.05, 0) is 88.2 Å². The highest BCUT2D eigenvalue weighted by Gasteiger charge is 2.50. The van der Waals surface area contributed by atoms with Crippen molar-refractivity contribution in [2.75, 3.05) is 25.3 Å². The molecule has 0 spiro atoms. The molecule has 9 nitrogen and oxygen atoms in total. The van der Waals surface area contributed by atoms with Crippen molar-refractivity contribution in [3.05, 3.63) is 42.7 Å². The third kappa shape index (κ3) is 7.48. The molecule has 4 heterocycles. The number of amides is 1. The van der Waals surface area contributed by atoms with E-state index in [-0.39, 0.29) is 12.8 Å². The molecule has 2 saturated heterocycles. The Morgan fingerprint density at radius 2 is 1.91 bits per heavy atom. The maximum atomic E-state index is 16.1. The van der Waals surface area contributed by atoms with Gasteiger partial charge in [-0.3, -0.25) is 9.88 Å². The van der Waals surface area contributed by atoms with Gasteiger partial charge >= 0.3 is 6.09 Å². The number of alkyl halides is 1. The molecule has 1 amide bonds. The van der Waals surface area contributed by atoms with Gasteiger partial charge in [-0.2, -0.15) is 0 Å². The average molecular weight is 624 g/mol. The van der Waals surface area contributed by atoms with E-state index in [0.29, 0.717) is 36.7 Å². The van der Waals surface area contributed by atoms with Crippen LogP contribution in [0.2, 0.25) is 25.7 Å². The first kappa shape index (κ1) is 32.1. The van der Waals surface area contributed by atoms with Gasteiger partial charge in [0.2, 0.25) is 0 Å². The monoisotopic (exact) mass is 623 g/mol. The molecule has 0 N–H and O–H groups in total. The van der Waals surface area contributed by atoms with E-state index < -0.39 is 38.0 Å². The van der Waals surface area contributed by atoms with E-state index in [1.54, 1.807) is 11.1 Å². The third-order valence-corrected chi connectivity index (χ3v) is 10.2. The lowest BCUT2D eigenvalue weighted by molar-refractivity contribution is -0.0467. The second-order valence-corrected chi connectivity index (χ2v) is 19.8. The van der Waals surface area contributed by atoms with Crippen LogP contribution in [-0.2, 0) is 9.47 Å². The number of fused-ring (bicyclic) bond motifs is 3. The molecule has 4 atom stereocenters. The number of benzene rings is 1. The summed E-state index contributed by atoms with van der Waals surface area (Å²) in [7, 11) is 0.657. The number of piperidine rings is 2. The summed E-state index contributed by atoms with van der Waals surface area (Å²) in [5.41, 5.74) is 0.790. The van der Waals surface area contributed by atoms with E-state index in [9.17, 15) is 4.79 Å². The molecule has 3 aromatic rings. The van der Waals surface area contributed by atoms with E-state index >= 15 is 4.39 Å². The van der Waals surface area contributed by atoms with Crippen molar-refractivity contribution in [1.29, 1.82) is 0 Å². The molecule has 44 heavy (non-hydrogen) atoms. The van der Waals surface area contributed by atoms with E-state index in [1.807, 2.05) is 69.2 Å². The molecule has 238 valence electrons. The summed E-state index contributed by atoms with van der Waals surface area (Å²) in [4.78, 5) is 20.8. The van der Waals surface area contributed by atoms with Crippen LogP contribution in [-0.4, -0.2) is 84.6 Å². The SMILES string of the molecule is CN(c1ccc(-c2cc3cnccc3cc2OCOCC[Si](C)(C)C)nn1)[C@@H]1C[C@H]2CCC[C@@H]([C@@H]1F)N2C(=O)OC(C)(C)C. The fourth-order valence-corrected chi connectivity index (χ4v) is 6.85. The maximum Gasteiger partial charge on any atom is 0.410 e. The molecular formula is C33H46FN5O4Si. The molecule has 2 aromatic heterocycles. The fourth-order valence-electron chi connectivity index (χ4n) is 6.10. The fraction of sp³-hybridized carbons (Fsp3) is 0.576. The lowest BCUT2D eigenvalue weighted by Crippen LogP contribution is -2.65. The Bertz CT molecular complexity index is 1440. The number of carbonyl (C=O) groups is 1. The average Bonchev–Trinajstić information content (AvgIpc) is 2.96. The van der Waals surface area contributed by atoms with Gasteiger partial charge in [-0.15, -0.1) is 10.2 Å². The minimum Gasteiger partial charge on any atom is -0.467 e. The summed E-state index contributed by atoms with van der Waals surface area (Å²) in [6, 6.07) is 9.71. The van der Waals surface area contributed by atoms with Gasteiger partial charge in [0, 0.05) is 51.1 Å². The van der Waals surface area contributed by atoms with Crippen LogP contribution in [0.3, 0.4) is 0 Å². The summed E-state index contributed by atoms with van der Waals surface area (Å²) in [6.07, 6.45) is 4.76. The van der Waals surface area contributed by atoms with Gasteiger partial charge in [-0.1, -0.05) is 19.6 Å². The number of halogens is 1. The zero-order valence-corrected chi connectivity index (χ0v) is 28.0. The van der Waals surface area contributed by atoms with Crippen LogP contribution in [0, 0.1) is 0 Å². The summed E-state index contributed by atoms with van der Waals surface area (Å²) in [5, 5.41) is 11.0. The number of carbonyl (C=O) groups excluding carboxylic acids is 1. The Morgan fingerprint density at radius 3 is 2.61 bits per heavy atom. The molecule has 2 aliphatic rings. The normalized spacial score (nSPS) is 22.1. The highest BCUT2D eigenvalue weighted by Crippen LogP contribution is 2.40. The first-order chi connectivity index (χ1) is 20.8. The number of hydrogen-bond acceptors (Lipinski definition) is 8. The van der Waals surface area contributed by atoms with Crippen molar-refractivity contribution in [3.63, 3.8) is 0 Å². The van der Waals surface area contributed by atoms with Gasteiger partial charge in [0.15, 0.2) is 12.6 Å². The van der Waals surface area contributed by atoms with Gasteiger partial charge in [0.1, 0.15) is 17.5 Å². The number of anilines is 1. The van der Waals surface area contributed by atoms with Crippen LogP contribution < -0.4 is 9.64 Å². The van der Waals surface area contributed by atoms with Crippen LogP contribution in [0.5, 0.6) is 5.75 Å². The molecule has 2 bridgehead atoms. The topological polar surface area (TPSA) is 89.9 Å². The van der Waals surface area contributed by atoms with Crippen LogP contribution in [0.25, 0.3) is 22.0 Å². The van der Waals surface area contributed by atoms with Crippen LogP contribution >= 0.6 is 0 Å². The Hall–Kier alpha value is -3.31. The van der Waals surface area contributed by atoms with Gasteiger partial charge in [0.05, 0.1) is 17.8 Å². The first-order valence-electron chi connectivity index (χ1n) is 15.6. The lowest BCUT2D eigenvalue weighted by atomic mass is 9.80. The molecule has 1 aromatic carbocycles. The van der Waals surface area contributed by atoms with Gasteiger partial charge < -0.3 is 19.1 Å². The molecule has 0 unspecified atom stereocenters. The number of rotatable bonds is 9. The maximum absolute atomic E-state index is 16.1. The molecular weight excluding hydrogens is 577 g/mol. The standard InChI is InChI=1S/C33H46FN5O4Si/c1-33(2,3)43-32(40)39-24-9-8-10-27(39)31(34)28(19-24)38(4)30-12-11-26(36-37-30)25-17-23-20-35-14-13-22(23)18-29(25)42-21-41-15-16-44(5,6)7/h11-14,17-18,20,24,27-28,31H,8-10,15-16,19,21H2,1-7H3/t24-,27+,28-,31+/m1/s1. The number of aromatic nitrogens is 3. The van der Waals surface area contributed by atoms with Crippen LogP contribution in [0.1, 0.15) is 46.5 Å². The minimum absolute atomic E-state index is 0.0749. The quantitative estimate of drug-likeness (QED) is 0.142. The Morgan fingerprint density at radius 1 is 1.11 bits per heavy atom. The third-order valence-electron chi connectivity index (χ3n) is 8.46. The summed E-state index contributed by atoms with van der Waals surface area (Å²) in [6.45, 7) is 13.3. The molecule has 2 fully saturated rings. The number of pyridine rings is 1. The van der Waals surface area contributed by atoms with Gasteiger partial charge in [0.25, 0.3) is 0 Å². The molecule has 11 heteroatoms. The molecule has 2 aliphatic heterocycles. The molecule has 0 radical (unpaired) electrons. The van der Waals surface area contributed by atoms with E-state index in [0.717, 1.165) is 35.2 Å². The molecule has 0 saturated carbocycles. The minimum atomic E-state index is -1.24. The van der Waals surface area contributed by atoms with Crippen molar-refractivity contribution in [2.45, 2.75) is 102 Å². The highest BCUT2D eigenvalue weighted by molar-refractivity contribution is 6.76. The second-order valence-electron chi connectivity index (χ2n) is 14.2. The second kappa shape index (κ2) is 13.0. The highest BCUT2D eigenvalue weighted by atomic mass is 28.3. The van der Waals surface area contributed by atoms with E-state index in [4.69, 9.17) is 14.2 Å².